The summed E-state index contributed by atoms with van der Waals surface area (Å²) in [5.74, 6) is 0.701. The Kier molecular flexibility index (Phi) is 4.48. The standard InChI is InChI=1S/C20H21ClFN3/c1-14(24-11-4-5-12-24)20-23-18-9-2-3-10-19(18)25(20)13-15-16(21)7-6-8-17(15)22/h2-3,6-10,14H,4-5,11-13H2,1H3/t14-/m1/s1. The van der Waals surface area contributed by atoms with Gasteiger partial charge in [0.2, 0.25) is 0 Å². The van der Waals surface area contributed by atoms with Crippen molar-refractivity contribution in [3.63, 3.8) is 0 Å². The molecule has 0 radical (unpaired) electrons. The Balaban J connectivity index is 1.82. The van der Waals surface area contributed by atoms with Gasteiger partial charge in [-0.05, 0) is 57.1 Å². The van der Waals surface area contributed by atoms with Crippen molar-refractivity contribution in [2.75, 3.05) is 13.1 Å². The van der Waals surface area contributed by atoms with Crippen molar-refractivity contribution in [1.29, 1.82) is 0 Å². The zero-order valence-corrected chi connectivity index (χ0v) is 15.0. The Labute approximate surface area is 152 Å². The Morgan fingerprint density at radius 2 is 1.88 bits per heavy atom. The van der Waals surface area contributed by atoms with Gasteiger partial charge < -0.3 is 4.57 Å². The summed E-state index contributed by atoms with van der Waals surface area (Å²) in [5, 5.41) is 0.456. The lowest BCUT2D eigenvalue weighted by atomic mass is 10.2. The minimum absolute atomic E-state index is 0.195. The van der Waals surface area contributed by atoms with Crippen LogP contribution >= 0.6 is 11.6 Å². The molecule has 2 heterocycles. The molecule has 0 unspecified atom stereocenters. The summed E-state index contributed by atoms with van der Waals surface area (Å²) < 4.78 is 16.5. The van der Waals surface area contributed by atoms with Gasteiger partial charge >= 0.3 is 0 Å². The summed E-state index contributed by atoms with van der Waals surface area (Å²) in [7, 11) is 0. The number of likely N-dealkylation sites (tertiary alicyclic amines) is 1. The van der Waals surface area contributed by atoms with Crippen molar-refractivity contribution in [1.82, 2.24) is 14.5 Å². The van der Waals surface area contributed by atoms with Gasteiger partial charge in [-0.3, -0.25) is 4.90 Å². The van der Waals surface area contributed by atoms with Crippen LogP contribution in [0.3, 0.4) is 0 Å². The molecule has 4 rings (SSSR count). The normalized spacial score (nSPS) is 16.6. The third-order valence-corrected chi connectivity index (χ3v) is 5.48. The van der Waals surface area contributed by atoms with E-state index in [4.69, 9.17) is 16.6 Å². The minimum Gasteiger partial charge on any atom is -0.322 e. The van der Waals surface area contributed by atoms with Crippen molar-refractivity contribution in [2.24, 2.45) is 0 Å². The number of imidazole rings is 1. The molecule has 0 amide bonds. The molecule has 25 heavy (non-hydrogen) atoms. The number of hydrogen-bond acceptors (Lipinski definition) is 2. The van der Waals surface area contributed by atoms with E-state index >= 15 is 0 Å². The highest BCUT2D eigenvalue weighted by Crippen LogP contribution is 2.29. The van der Waals surface area contributed by atoms with E-state index in [1.165, 1.54) is 18.9 Å². The number of benzene rings is 2. The van der Waals surface area contributed by atoms with E-state index in [1.54, 1.807) is 12.1 Å². The fourth-order valence-corrected chi connectivity index (χ4v) is 3.94. The first-order chi connectivity index (χ1) is 12.1. The van der Waals surface area contributed by atoms with Crippen LogP contribution in [0, 0.1) is 5.82 Å². The quantitative estimate of drug-likeness (QED) is 0.652. The maximum absolute atomic E-state index is 14.3. The zero-order chi connectivity index (χ0) is 17.4. The van der Waals surface area contributed by atoms with Gasteiger partial charge in [0.25, 0.3) is 0 Å². The van der Waals surface area contributed by atoms with E-state index in [-0.39, 0.29) is 11.9 Å². The molecule has 0 spiro atoms. The fraction of sp³-hybridized carbons (Fsp3) is 0.350. The highest BCUT2D eigenvalue weighted by atomic mass is 35.5. The lowest BCUT2D eigenvalue weighted by Gasteiger charge is -2.24. The van der Waals surface area contributed by atoms with Gasteiger partial charge in [-0.25, -0.2) is 9.37 Å². The molecule has 0 saturated carbocycles. The molecular formula is C20H21ClFN3. The number of aromatic nitrogens is 2. The third-order valence-electron chi connectivity index (χ3n) is 5.12. The predicted molar refractivity (Wildman–Crippen MR) is 99.5 cm³/mol. The number of hydrogen-bond donors (Lipinski definition) is 0. The van der Waals surface area contributed by atoms with E-state index in [0.29, 0.717) is 17.1 Å². The van der Waals surface area contributed by atoms with E-state index in [0.717, 1.165) is 29.9 Å². The van der Waals surface area contributed by atoms with Crippen molar-refractivity contribution < 1.29 is 4.39 Å². The van der Waals surface area contributed by atoms with Crippen LogP contribution in [-0.4, -0.2) is 27.5 Å². The molecule has 1 aliphatic heterocycles. The number of rotatable bonds is 4. The van der Waals surface area contributed by atoms with Crippen molar-refractivity contribution >= 4 is 22.6 Å². The Hall–Kier alpha value is -1.91. The lowest BCUT2D eigenvalue weighted by molar-refractivity contribution is 0.249. The average Bonchev–Trinajstić information content (AvgIpc) is 3.26. The smallest absolute Gasteiger partial charge is 0.129 e. The lowest BCUT2D eigenvalue weighted by Crippen LogP contribution is -2.26. The molecule has 1 fully saturated rings. The minimum atomic E-state index is -0.273. The van der Waals surface area contributed by atoms with Gasteiger partial charge in [-0.1, -0.05) is 29.8 Å². The number of halogens is 2. The SMILES string of the molecule is C[C@H](c1nc2ccccc2n1Cc1c(F)cccc1Cl)N1CCCC1. The van der Waals surface area contributed by atoms with E-state index in [1.807, 2.05) is 24.3 Å². The van der Waals surface area contributed by atoms with Crippen LogP contribution in [0.15, 0.2) is 42.5 Å². The van der Waals surface area contributed by atoms with Crippen LogP contribution in [0.25, 0.3) is 11.0 Å². The molecule has 0 bridgehead atoms. The van der Waals surface area contributed by atoms with Crippen LogP contribution < -0.4 is 0 Å². The van der Waals surface area contributed by atoms with Crippen LogP contribution in [0.5, 0.6) is 0 Å². The average molecular weight is 358 g/mol. The summed E-state index contributed by atoms with van der Waals surface area (Å²) in [6, 6.07) is 13.1. The molecule has 130 valence electrons. The van der Waals surface area contributed by atoms with Crippen molar-refractivity contribution in [2.45, 2.75) is 32.4 Å². The predicted octanol–water partition coefficient (Wildman–Crippen LogP) is 5.03. The maximum Gasteiger partial charge on any atom is 0.129 e. The molecule has 5 heteroatoms. The Morgan fingerprint density at radius 1 is 1.12 bits per heavy atom. The zero-order valence-electron chi connectivity index (χ0n) is 14.3. The van der Waals surface area contributed by atoms with Gasteiger partial charge in [0, 0.05) is 10.6 Å². The molecule has 1 aliphatic rings. The molecule has 3 nitrogen and oxygen atoms in total. The molecular weight excluding hydrogens is 337 g/mol. The van der Waals surface area contributed by atoms with E-state index in [2.05, 4.69) is 16.4 Å². The maximum atomic E-state index is 14.3. The molecule has 0 N–H and O–H groups in total. The summed E-state index contributed by atoms with van der Waals surface area (Å²) in [6.07, 6.45) is 2.45. The highest BCUT2D eigenvalue weighted by molar-refractivity contribution is 6.31. The van der Waals surface area contributed by atoms with Crippen LogP contribution in [-0.2, 0) is 6.54 Å². The second-order valence-corrected chi connectivity index (χ2v) is 7.07. The van der Waals surface area contributed by atoms with E-state index in [9.17, 15) is 4.39 Å². The third kappa shape index (κ3) is 3.05. The highest BCUT2D eigenvalue weighted by Gasteiger charge is 2.25. The molecule has 2 aromatic carbocycles. The van der Waals surface area contributed by atoms with Gasteiger partial charge in [0.05, 0.1) is 23.6 Å². The summed E-state index contributed by atoms with van der Waals surface area (Å²) in [4.78, 5) is 7.31. The first kappa shape index (κ1) is 16.6. The summed E-state index contributed by atoms with van der Waals surface area (Å²) in [6.45, 7) is 4.75. The summed E-state index contributed by atoms with van der Waals surface area (Å²) in [5.41, 5.74) is 2.47. The number of para-hydroxylation sites is 2. The topological polar surface area (TPSA) is 21.1 Å². The van der Waals surface area contributed by atoms with Gasteiger partial charge in [-0.2, -0.15) is 0 Å². The first-order valence-corrected chi connectivity index (χ1v) is 9.15. The van der Waals surface area contributed by atoms with Gasteiger partial charge in [0.15, 0.2) is 0 Å². The van der Waals surface area contributed by atoms with Crippen LogP contribution in [0.2, 0.25) is 5.02 Å². The van der Waals surface area contributed by atoms with Crippen LogP contribution in [0.4, 0.5) is 4.39 Å². The molecule has 1 saturated heterocycles. The molecule has 1 atom stereocenters. The molecule has 0 aliphatic carbocycles. The van der Waals surface area contributed by atoms with E-state index < -0.39 is 0 Å². The largest absolute Gasteiger partial charge is 0.322 e. The Morgan fingerprint density at radius 3 is 2.64 bits per heavy atom. The second kappa shape index (κ2) is 6.77. The monoisotopic (exact) mass is 357 g/mol. The molecule has 1 aromatic heterocycles. The van der Waals surface area contributed by atoms with Crippen molar-refractivity contribution in [3.8, 4) is 0 Å². The first-order valence-electron chi connectivity index (χ1n) is 8.77. The number of fused-ring (bicyclic) bond motifs is 1. The van der Waals surface area contributed by atoms with Crippen molar-refractivity contribution in [3.05, 3.63) is 64.7 Å². The van der Waals surface area contributed by atoms with Gasteiger partial charge in [0.1, 0.15) is 11.6 Å². The fourth-order valence-electron chi connectivity index (χ4n) is 3.71. The Bertz CT molecular complexity index is 879. The molecule has 3 aromatic rings. The number of nitrogens with zero attached hydrogens (tertiary/aromatic N) is 3. The van der Waals surface area contributed by atoms with Gasteiger partial charge in [-0.15, -0.1) is 0 Å². The van der Waals surface area contributed by atoms with Crippen LogP contribution in [0.1, 0.15) is 37.2 Å². The summed E-state index contributed by atoms with van der Waals surface area (Å²) >= 11 is 6.27. The second-order valence-electron chi connectivity index (χ2n) is 6.66.